The van der Waals surface area contributed by atoms with E-state index in [0.717, 1.165) is 45.4 Å². The molecule has 9 N–H and O–H groups in total. The number of rotatable bonds is 38. The van der Waals surface area contributed by atoms with Crippen LogP contribution in [0.4, 0.5) is 0 Å². The number of carboxylic acids is 1. The Bertz CT molecular complexity index is 1060. The zero-order valence-corrected chi connectivity index (χ0v) is 36.5. The van der Waals surface area contributed by atoms with Gasteiger partial charge in [-0.25, -0.2) is 9.13 Å². The van der Waals surface area contributed by atoms with Crippen LogP contribution in [0.2, 0.25) is 0 Å². The molecule has 0 aromatic carbocycles. The molecule has 0 radical (unpaired) electrons. The third kappa shape index (κ3) is 30.9. The molecular weight excluding hydrogens is 768 g/mol. The SMILES string of the molecule is CCCCCCCCCCCCCCCC(=O)C(O)(C(=O)CCCCCCCCCCCCCCC)C(O)CO.C[C@@H](OP(=O)(O)OP(=O)(O)O)[C@H](N)C(=O)O. The Labute approximate surface area is 336 Å². The summed E-state index contributed by atoms with van der Waals surface area (Å²) in [4.78, 5) is 61.2. The Balaban J connectivity index is 0. The van der Waals surface area contributed by atoms with Crippen molar-refractivity contribution < 1.29 is 67.5 Å². The van der Waals surface area contributed by atoms with Crippen molar-refractivity contribution >= 4 is 33.2 Å². The summed E-state index contributed by atoms with van der Waals surface area (Å²) in [5.74, 6) is -2.79. The van der Waals surface area contributed by atoms with Gasteiger partial charge in [0.05, 0.1) is 12.7 Å². The molecule has 0 fully saturated rings. The molecule has 0 aliphatic carbocycles. The lowest BCUT2D eigenvalue weighted by molar-refractivity contribution is -0.166. The van der Waals surface area contributed by atoms with E-state index in [9.17, 15) is 38.8 Å². The number of nitrogens with two attached hydrogens (primary N) is 1. The molecule has 56 heavy (non-hydrogen) atoms. The highest BCUT2D eigenvalue weighted by atomic mass is 31.3. The van der Waals surface area contributed by atoms with Crippen LogP contribution in [0.3, 0.4) is 0 Å². The number of carboxylic acid groups (broad SMARTS) is 1. The molecule has 4 atom stereocenters. The van der Waals surface area contributed by atoms with E-state index in [4.69, 9.17) is 25.5 Å². The summed E-state index contributed by atoms with van der Waals surface area (Å²) in [5.41, 5.74) is 2.56. The van der Waals surface area contributed by atoms with Crippen LogP contribution in [0, 0.1) is 0 Å². The third-order valence-electron chi connectivity index (χ3n) is 9.82. The van der Waals surface area contributed by atoms with Gasteiger partial charge in [0.15, 0.2) is 11.6 Å². The van der Waals surface area contributed by atoms with Gasteiger partial charge in [-0.1, -0.05) is 168 Å². The normalized spacial score (nSPS) is 14.7. The standard InChI is InChI=1S/C35H68O5.C4H11NO9P2/c1-3-5-7-9-11-13-15-17-19-21-23-25-27-29-32(37)35(40,34(39)31-36)33(38)30-28-26-24-22-20-18-16-14-12-10-8-6-4-2;1-2(3(5)4(6)7)13-16(11,12)14-15(8,9)10/h34,36,39-40H,3-31H2,1-2H3;2-3H,5H2,1H3,(H,6,7)(H,11,12)(H2,8,9,10)/t;2-,3+/m.1/s1. The first-order valence-corrected chi connectivity index (χ1v) is 24.3. The zero-order valence-electron chi connectivity index (χ0n) is 34.7. The Morgan fingerprint density at radius 3 is 1.14 bits per heavy atom. The fourth-order valence-corrected chi connectivity index (χ4v) is 8.06. The Morgan fingerprint density at radius 1 is 0.607 bits per heavy atom. The molecule has 0 rings (SSSR count). The van der Waals surface area contributed by atoms with Crippen molar-refractivity contribution in [1.82, 2.24) is 0 Å². The van der Waals surface area contributed by atoms with E-state index in [1.165, 1.54) is 116 Å². The summed E-state index contributed by atoms with van der Waals surface area (Å²) in [6.07, 6.45) is 27.9. The van der Waals surface area contributed by atoms with Crippen molar-refractivity contribution in [3.05, 3.63) is 0 Å². The summed E-state index contributed by atoms with van der Waals surface area (Å²) in [5, 5.41) is 38.9. The second-order valence-electron chi connectivity index (χ2n) is 15.0. The average Bonchev–Trinajstić information content (AvgIpc) is 3.13. The number of carbonyl (C=O) groups excluding carboxylic acids is 2. The van der Waals surface area contributed by atoms with Crippen molar-refractivity contribution in [2.45, 2.75) is 224 Å². The molecule has 0 aromatic heterocycles. The Kier molecular flexibility index (Phi) is 35.4. The lowest BCUT2D eigenvalue weighted by Crippen LogP contribution is -2.57. The quantitative estimate of drug-likeness (QED) is 0.0165. The van der Waals surface area contributed by atoms with Crippen molar-refractivity contribution in [3.63, 3.8) is 0 Å². The fraction of sp³-hybridized carbons (Fsp3) is 0.923. The topological polar surface area (TPSA) is 271 Å². The van der Waals surface area contributed by atoms with Crippen molar-refractivity contribution in [2.75, 3.05) is 6.61 Å². The third-order valence-corrected chi connectivity index (χ3v) is 12.1. The minimum absolute atomic E-state index is 0.0651. The van der Waals surface area contributed by atoms with Gasteiger partial charge in [-0.2, -0.15) is 4.31 Å². The van der Waals surface area contributed by atoms with E-state index in [0.29, 0.717) is 12.8 Å². The van der Waals surface area contributed by atoms with Gasteiger partial charge >= 0.3 is 21.6 Å². The molecule has 0 spiro atoms. The van der Waals surface area contributed by atoms with Crippen molar-refractivity contribution in [2.24, 2.45) is 5.73 Å². The number of aliphatic hydroxyl groups excluding tert-OH is 2. The van der Waals surface area contributed by atoms with Crippen LogP contribution in [0.5, 0.6) is 0 Å². The number of Topliss-reactive ketones (excluding diaryl/α,β-unsaturated/α-hetero) is 2. The largest absolute Gasteiger partial charge is 0.481 e. The maximum atomic E-state index is 12.8. The maximum absolute atomic E-state index is 12.8. The summed E-state index contributed by atoms with van der Waals surface area (Å²) in [6.45, 7) is 4.72. The maximum Gasteiger partial charge on any atom is 0.481 e. The highest BCUT2D eigenvalue weighted by Gasteiger charge is 2.48. The minimum Gasteiger partial charge on any atom is -0.480 e. The minimum atomic E-state index is -5.22. The van der Waals surface area contributed by atoms with Gasteiger partial charge in [-0.15, -0.1) is 0 Å². The number of hydrogen-bond donors (Lipinski definition) is 8. The van der Waals surface area contributed by atoms with E-state index in [-0.39, 0.29) is 12.8 Å². The highest BCUT2D eigenvalue weighted by Crippen LogP contribution is 2.58. The van der Waals surface area contributed by atoms with E-state index in [1.54, 1.807) is 0 Å². The summed E-state index contributed by atoms with van der Waals surface area (Å²) >= 11 is 0. The molecule has 334 valence electrons. The van der Waals surface area contributed by atoms with E-state index in [2.05, 4.69) is 22.7 Å². The first kappa shape index (κ1) is 57.0. The number of aliphatic carboxylic acids is 1. The summed E-state index contributed by atoms with van der Waals surface area (Å²) in [7, 11) is -10.3. The van der Waals surface area contributed by atoms with Gasteiger partial charge in [-0.05, 0) is 19.8 Å². The predicted molar refractivity (Wildman–Crippen MR) is 218 cm³/mol. The predicted octanol–water partition coefficient (Wildman–Crippen LogP) is 8.18. The van der Waals surface area contributed by atoms with Crippen LogP contribution >= 0.6 is 15.6 Å². The van der Waals surface area contributed by atoms with Crippen molar-refractivity contribution in [1.29, 1.82) is 0 Å². The molecule has 0 aliphatic rings. The monoisotopic (exact) mass is 847 g/mol. The van der Waals surface area contributed by atoms with Gasteiger partial charge in [0.1, 0.15) is 12.1 Å². The number of aliphatic hydroxyl groups is 3. The highest BCUT2D eigenvalue weighted by molar-refractivity contribution is 7.60. The molecular formula is C39H79NO14P2. The van der Waals surface area contributed by atoms with E-state index in [1.807, 2.05) is 0 Å². The summed E-state index contributed by atoms with van der Waals surface area (Å²) in [6, 6.07) is -1.64. The zero-order chi connectivity index (χ0) is 42.9. The number of carbonyl (C=O) groups is 3. The fourth-order valence-electron chi connectivity index (χ4n) is 6.28. The first-order chi connectivity index (χ1) is 26.4. The van der Waals surface area contributed by atoms with Crippen LogP contribution < -0.4 is 5.73 Å². The molecule has 0 aliphatic heterocycles. The van der Waals surface area contributed by atoms with Gasteiger partial charge < -0.3 is 40.8 Å². The average molecular weight is 848 g/mol. The summed E-state index contributed by atoms with van der Waals surface area (Å²) < 4.78 is 28.7. The van der Waals surface area contributed by atoms with Crippen molar-refractivity contribution in [3.8, 4) is 0 Å². The lowest BCUT2D eigenvalue weighted by atomic mass is 9.82. The van der Waals surface area contributed by atoms with Gasteiger partial charge in [0.2, 0.25) is 5.60 Å². The van der Waals surface area contributed by atoms with Crippen LogP contribution in [0.15, 0.2) is 0 Å². The molecule has 0 saturated heterocycles. The Morgan fingerprint density at radius 2 is 0.893 bits per heavy atom. The smallest absolute Gasteiger partial charge is 0.480 e. The molecule has 0 heterocycles. The second kappa shape index (κ2) is 34.7. The van der Waals surface area contributed by atoms with Gasteiger partial charge in [0.25, 0.3) is 0 Å². The van der Waals surface area contributed by atoms with Gasteiger partial charge in [0, 0.05) is 12.8 Å². The molecule has 2 unspecified atom stereocenters. The number of hydrogen-bond acceptors (Lipinski definition) is 11. The molecule has 15 nitrogen and oxygen atoms in total. The van der Waals surface area contributed by atoms with Crippen LogP contribution in [-0.2, 0) is 32.3 Å². The number of ketones is 2. The van der Waals surface area contributed by atoms with Gasteiger partial charge in [-0.3, -0.25) is 18.9 Å². The molecule has 0 amide bonds. The molecule has 0 aromatic rings. The second-order valence-corrected chi connectivity index (χ2v) is 17.8. The first-order valence-electron chi connectivity index (χ1n) is 21.2. The van der Waals surface area contributed by atoms with E-state index >= 15 is 0 Å². The lowest BCUT2D eigenvalue weighted by Gasteiger charge is -2.29. The number of phosphoric ester groups is 1. The van der Waals surface area contributed by atoms with Crippen LogP contribution in [0.25, 0.3) is 0 Å². The van der Waals surface area contributed by atoms with Crippen LogP contribution in [-0.4, -0.2) is 83.1 Å². The molecule has 0 saturated carbocycles. The Hall–Kier alpha value is -1.09. The number of unbranched alkanes of at least 4 members (excludes halogenated alkanes) is 24. The van der Waals surface area contributed by atoms with E-state index < -0.39 is 63.6 Å². The number of phosphoric acid groups is 2. The molecule has 0 bridgehead atoms. The van der Waals surface area contributed by atoms with Crippen LogP contribution in [0.1, 0.15) is 201 Å². The molecule has 17 heteroatoms.